The van der Waals surface area contributed by atoms with Gasteiger partial charge in [0.05, 0.1) is 18.8 Å². The predicted octanol–water partition coefficient (Wildman–Crippen LogP) is 4.80. The molecule has 0 aliphatic heterocycles. The van der Waals surface area contributed by atoms with Gasteiger partial charge >= 0.3 is 5.97 Å². The van der Waals surface area contributed by atoms with E-state index in [1.807, 2.05) is 0 Å². The number of carbonyl (C=O) groups is 2. The lowest BCUT2D eigenvalue weighted by Crippen LogP contribution is -2.16. The molecule has 0 radical (unpaired) electrons. The van der Waals surface area contributed by atoms with Gasteiger partial charge in [0.1, 0.15) is 11.3 Å². The number of esters is 1. The lowest BCUT2D eigenvalue weighted by Gasteiger charge is -2.19. The van der Waals surface area contributed by atoms with Crippen molar-refractivity contribution >= 4 is 17.8 Å². The first-order valence-electron chi connectivity index (χ1n) is 9.63. The minimum Gasteiger partial charge on any atom is -0.507 e. The van der Waals surface area contributed by atoms with Crippen LogP contribution in [0.1, 0.15) is 62.4 Å². The van der Waals surface area contributed by atoms with E-state index >= 15 is 0 Å². The zero-order valence-corrected chi connectivity index (χ0v) is 18.4. The van der Waals surface area contributed by atoms with Gasteiger partial charge in [0.15, 0.2) is 17.3 Å². The molecule has 0 atom stereocenters. The molecule has 0 saturated heterocycles. The second kappa shape index (κ2) is 9.03. The summed E-state index contributed by atoms with van der Waals surface area (Å²) in [6.45, 7) is 10.4. The summed E-state index contributed by atoms with van der Waals surface area (Å²) in [5, 5.41) is 20.6. The summed E-state index contributed by atoms with van der Waals surface area (Å²) < 4.78 is 10.5. The molecule has 0 bridgehead atoms. The summed E-state index contributed by atoms with van der Waals surface area (Å²) in [6, 6.07) is 3.52. The average Bonchev–Trinajstić information content (AvgIpc) is 2.66. The number of phenols is 2. The minimum atomic E-state index is -0.623. The molecule has 0 unspecified atom stereocenters. The van der Waals surface area contributed by atoms with Crippen LogP contribution >= 0.6 is 0 Å². The van der Waals surface area contributed by atoms with Gasteiger partial charge in [-0.2, -0.15) is 0 Å². The Hall–Kier alpha value is -3.28. The Morgan fingerprint density at radius 3 is 1.97 bits per heavy atom. The van der Waals surface area contributed by atoms with Crippen molar-refractivity contribution in [3.05, 3.63) is 57.2 Å². The zero-order valence-electron chi connectivity index (χ0n) is 18.4. The Bertz CT molecular complexity index is 1010. The molecule has 0 aromatic heterocycles. The molecular weight excluding hydrogens is 384 g/mol. The molecule has 0 saturated carbocycles. The molecule has 2 rings (SSSR count). The first-order valence-corrected chi connectivity index (χ1v) is 9.63. The van der Waals surface area contributed by atoms with E-state index in [0.29, 0.717) is 22.3 Å². The largest absolute Gasteiger partial charge is 0.507 e. The number of hydrogen-bond acceptors (Lipinski definition) is 6. The first-order chi connectivity index (χ1) is 14.0. The van der Waals surface area contributed by atoms with E-state index in [2.05, 4.69) is 0 Å². The van der Waals surface area contributed by atoms with E-state index in [-0.39, 0.29) is 28.7 Å². The standard InChI is InChI=1S/C24H28O6/c1-12(2)30-24(28)20-16(6)15(5)19(22(27)23(20)29-7)18(25)9-8-17-10-13(3)21(26)14(4)11-17/h8-12,26-27H,1-7H3. The first kappa shape index (κ1) is 23.0. The fourth-order valence-electron chi connectivity index (χ4n) is 3.31. The van der Waals surface area contributed by atoms with Gasteiger partial charge in [0.2, 0.25) is 0 Å². The Morgan fingerprint density at radius 1 is 0.933 bits per heavy atom. The quantitative estimate of drug-likeness (QED) is 0.402. The summed E-state index contributed by atoms with van der Waals surface area (Å²) >= 11 is 0. The molecule has 0 amide bonds. The van der Waals surface area contributed by atoms with Crippen molar-refractivity contribution in [3.63, 3.8) is 0 Å². The second-order valence-corrected chi connectivity index (χ2v) is 7.54. The van der Waals surface area contributed by atoms with Crippen LogP contribution in [0.2, 0.25) is 0 Å². The lowest BCUT2D eigenvalue weighted by atomic mass is 9.93. The third kappa shape index (κ3) is 4.48. The highest BCUT2D eigenvalue weighted by molar-refractivity contribution is 6.11. The fraction of sp³-hybridized carbons (Fsp3) is 0.333. The number of methoxy groups -OCH3 is 1. The Morgan fingerprint density at radius 2 is 1.47 bits per heavy atom. The molecule has 0 heterocycles. The summed E-state index contributed by atoms with van der Waals surface area (Å²) in [6.07, 6.45) is 2.62. The number of aryl methyl sites for hydroxylation is 2. The number of benzene rings is 2. The number of carbonyl (C=O) groups excluding carboxylic acids is 2. The molecule has 6 nitrogen and oxygen atoms in total. The lowest BCUT2D eigenvalue weighted by molar-refractivity contribution is 0.0372. The van der Waals surface area contributed by atoms with Crippen LogP contribution in [-0.4, -0.2) is 35.2 Å². The van der Waals surface area contributed by atoms with Crippen LogP contribution in [0, 0.1) is 27.7 Å². The van der Waals surface area contributed by atoms with Crippen molar-refractivity contribution in [2.75, 3.05) is 7.11 Å². The predicted molar refractivity (Wildman–Crippen MR) is 116 cm³/mol. The number of ether oxygens (including phenoxy) is 2. The van der Waals surface area contributed by atoms with E-state index in [0.717, 1.165) is 5.56 Å². The maximum Gasteiger partial charge on any atom is 0.342 e. The van der Waals surface area contributed by atoms with Crippen molar-refractivity contribution in [1.29, 1.82) is 0 Å². The van der Waals surface area contributed by atoms with E-state index in [9.17, 15) is 19.8 Å². The topological polar surface area (TPSA) is 93.1 Å². The minimum absolute atomic E-state index is 0.0638. The SMILES string of the molecule is COc1c(O)c(C(=O)C=Cc2cc(C)c(O)c(C)c2)c(C)c(C)c1C(=O)OC(C)C. The third-order valence-corrected chi connectivity index (χ3v) is 4.93. The highest BCUT2D eigenvalue weighted by Gasteiger charge is 2.28. The third-order valence-electron chi connectivity index (χ3n) is 4.93. The molecule has 2 aromatic carbocycles. The number of allylic oxidation sites excluding steroid dienone is 1. The zero-order chi connectivity index (χ0) is 22.7. The molecular formula is C24H28O6. The molecule has 0 aliphatic carbocycles. The van der Waals surface area contributed by atoms with Crippen LogP contribution in [0.3, 0.4) is 0 Å². The van der Waals surface area contributed by atoms with Gasteiger partial charge in [-0.1, -0.05) is 6.08 Å². The van der Waals surface area contributed by atoms with Gasteiger partial charge in [0, 0.05) is 0 Å². The van der Waals surface area contributed by atoms with Crippen LogP contribution in [0.4, 0.5) is 0 Å². The molecule has 160 valence electrons. The number of ketones is 1. The van der Waals surface area contributed by atoms with E-state index in [1.54, 1.807) is 59.8 Å². The van der Waals surface area contributed by atoms with Crippen LogP contribution in [0.15, 0.2) is 18.2 Å². The second-order valence-electron chi connectivity index (χ2n) is 7.54. The molecule has 6 heteroatoms. The maximum absolute atomic E-state index is 12.9. The van der Waals surface area contributed by atoms with E-state index in [1.165, 1.54) is 13.2 Å². The Labute approximate surface area is 176 Å². The monoisotopic (exact) mass is 412 g/mol. The van der Waals surface area contributed by atoms with Gasteiger partial charge in [-0.3, -0.25) is 4.79 Å². The maximum atomic E-state index is 12.9. The van der Waals surface area contributed by atoms with Crippen molar-refractivity contribution < 1.29 is 29.3 Å². The Kier molecular flexibility index (Phi) is 6.92. The van der Waals surface area contributed by atoms with Gasteiger partial charge < -0.3 is 19.7 Å². The molecule has 2 aromatic rings. The van der Waals surface area contributed by atoms with Crippen molar-refractivity contribution in [2.45, 2.75) is 47.6 Å². The van der Waals surface area contributed by atoms with Crippen molar-refractivity contribution in [1.82, 2.24) is 0 Å². The fourth-order valence-corrected chi connectivity index (χ4v) is 3.31. The summed E-state index contributed by atoms with van der Waals surface area (Å²) in [4.78, 5) is 25.4. The highest BCUT2D eigenvalue weighted by atomic mass is 16.5. The highest BCUT2D eigenvalue weighted by Crippen LogP contribution is 2.40. The summed E-state index contributed by atoms with van der Waals surface area (Å²) in [5.74, 6) is -1.32. The van der Waals surface area contributed by atoms with Crippen LogP contribution < -0.4 is 4.74 Å². The Balaban J connectivity index is 2.53. The number of hydrogen-bond donors (Lipinski definition) is 2. The number of aromatic hydroxyl groups is 2. The van der Waals surface area contributed by atoms with Gasteiger partial charge in [-0.25, -0.2) is 4.79 Å². The molecule has 0 aliphatic rings. The van der Waals surface area contributed by atoms with E-state index in [4.69, 9.17) is 9.47 Å². The van der Waals surface area contributed by atoms with Gasteiger partial charge in [0.25, 0.3) is 0 Å². The van der Waals surface area contributed by atoms with Crippen LogP contribution in [0.25, 0.3) is 6.08 Å². The van der Waals surface area contributed by atoms with E-state index < -0.39 is 17.5 Å². The van der Waals surface area contributed by atoms with Gasteiger partial charge in [-0.15, -0.1) is 0 Å². The van der Waals surface area contributed by atoms with Gasteiger partial charge in [-0.05, 0) is 87.6 Å². The van der Waals surface area contributed by atoms with Crippen LogP contribution in [-0.2, 0) is 4.74 Å². The van der Waals surface area contributed by atoms with Crippen molar-refractivity contribution in [2.24, 2.45) is 0 Å². The van der Waals surface area contributed by atoms with Crippen molar-refractivity contribution in [3.8, 4) is 17.2 Å². The smallest absolute Gasteiger partial charge is 0.342 e. The molecule has 0 fully saturated rings. The van der Waals surface area contributed by atoms with Crippen LogP contribution in [0.5, 0.6) is 17.2 Å². The number of phenolic OH excluding ortho intramolecular Hbond substituents is 2. The summed E-state index contributed by atoms with van der Waals surface area (Å²) in [5.41, 5.74) is 3.29. The number of rotatable bonds is 6. The molecule has 0 spiro atoms. The normalized spacial score (nSPS) is 11.2. The summed E-state index contributed by atoms with van der Waals surface area (Å²) in [7, 11) is 1.32. The molecule has 2 N–H and O–H groups in total. The molecule has 30 heavy (non-hydrogen) atoms. The average molecular weight is 412 g/mol.